The summed E-state index contributed by atoms with van der Waals surface area (Å²) in [7, 11) is -3.80. The van der Waals surface area contributed by atoms with Gasteiger partial charge in [-0.05, 0) is 36.2 Å². The predicted octanol–water partition coefficient (Wildman–Crippen LogP) is 2.87. The molecule has 2 aromatic rings. The number of halogens is 2. The maximum absolute atomic E-state index is 13.2. The van der Waals surface area contributed by atoms with Crippen molar-refractivity contribution >= 4 is 33.4 Å². The molecule has 0 radical (unpaired) electrons. The third-order valence-corrected chi connectivity index (χ3v) is 6.50. The van der Waals surface area contributed by atoms with Crippen molar-refractivity contribution in [2.75, 3.05) is 25.0 Å². The van der Waals surface area contributed by atoms with Crippen molar-refractivity contribution in [1.29, 1.82) is 0 Å². The monoisotopic (exact) mass is 411 g/mol. The molecule has 0 saturated carbocycles. The van der Waals surface area contributed by atoms with E-state index in [1.807, 2.05) is 0 Å². The Morgan fingerprint density at radius 3 is 2.59 bits per heavy atom. The molecule has 0 spiro atoms. The van der Waals surface area contributed by atoms with Gasteiger partial charge in [0.15, 0.2) is 0 Å². The standard InChI is InChI=1S/C18H19ClFN3O3S/c19-17-8-2-1-5-14(17)12-22-9-4-10-23(27(22,25)26)13-18(24)21-16-7-3-6-15(20)11-16/h1-3,5-8,11H,4,9-10,12-13H2,(H,21,24). The molecule has 6 nitrogen and oxygen atoms in total. The van der Waals surface area contributed by atoms with E-state index in [4.69, 9.17) is 11.6 Å². The van der Waals surface area contributed by atoms with E-state index >= 15 is 0 Å². The lowest BCUT2D eigenvalue weighted by atomic mass is 10.2. The number of hydrogen-bond donors (Lipinski definition) is 1. The van der Waals surface area contributed by atoms with Gasteiger partial charge in [0.25, 0.3) is 10.2 Å². The van der Waals surface area contributed by atoms with E-state index in [2.05, 4.69) is 5.32 Å². The molecule has 1 aliphatic rings. The molecule has 1 saturated heterocycles. The molecule has 0 unspecified atom stereocenters. The highest BCUT2D eigenvalue weighted by atomic mass is 35.5. The zero-order valence-electron chi connectivity index (χ0n) is 14.4. The van der Waals surface area contributed by atoms with E-state index in [1.165, 1.54) is 28.6 Å². The Balaban J connectivity index is 1.68. The Morgan fingerprint density at radius 2 is 1.85 bits per heavy atom. The van der Waals surface area contributed by atoms with Crippen LogP contribution < -0.4 is 5.32 Å². The van der Waals surface area contributed by atoms with Crippen LogP contribution in [-0.4, -0.2) is 42.6 Å². The fraction of sp³-hybridized carbons (Fsp3) is 0.278. The maximum atomic E-state index is 13.2. The normalized spacial score (nSPS) is 17.6. The van der Waals surface area contributed by atoms with Crippen LogP contribution in [0.25, 0.3) is 0 Å². The summed E-state index contributed by atoms with van der Waals surface area (Å²) in [4.78, 5) is 12.2. The molecule has 1 aliphatic heterocycles. The molecule has 0 bridgehead atoms. The Kier molecular flexibility index (Phi) is 6.11. The number of rotatable bonds is 5. The highest BCUT2D eigenvalue weighted by molar-refractivity contribution is 7.86. The van der Waals surface area contributed by atoms with Crippen molar-refractivity contribution in [2.45, 2.75) is 13.0 Å². The number of carbonyl (C=O) groups is 1. The molecule has 1 heterocycles. The van der Waals surface area contributed by atoms with Gasteiger partial charge in [-0.2, -0.15) is 17.0 Å². The van der Waals surface area contributed by atoms with E-state index in [1.54, 1.807) is 24.3 Å². The van der Waals surface area contributed by atoms with Crippen LogP contribution in [0, 0.1) is 5.82 Å². The van der Waals surface area contributed by atoms with E-state index in [0.717, 1.165) is 4.31 Å². The van der Waals surface area contributed by atoms with Gasteiger partial charge in [0.05, 0.1) is 6.54 Å². The summed E-state index contributed by atoms with van der Waals surface area (Å²) in [5.74, 6) is -1.01. The molecule has 0 atom stereocenters. The third-order valence-electron chi connectivity index (χ3n) is 4.20. The molecule has 1 fully saturated rings. The van der Waals surface area contributed by atoms with Crippen LogP contribution in [0.2, 0.25) is 5.02 Å². The van der Waals surface area contributed by atoms with Crippen LogP contribution in [0.5, 0.6) is 0 Å². The topological polar surface area (TPSA) is 69.7 Å². The summed E-state index contributed by atoms with van der Waals surface area (Å²) in [6.45, 7) is 0.412. The molecule has 0 aliphatic carbocycles. The fourth-order valence-electron chi connectivity index (χ4n) is 2.88. The number of nitrogens with one attached hydrogen (secondary N) is 1. The van der Waals surface area contributed by atoms with E-state index in [-0.39, 0.29) is 25.3 Å². The van der Waals surface area contributed by atoms with Crippen molar-refractivity contribution in [1.82, 2.24) is 8.61 Å². The average molecular weight is 412 g/mol. The molecular weight excluding hydrogens is 393 g/mol. The smallest absolute Gasteiger partial charge is 0.282 e. The van der Waals surface area contributed by atoms with Gasteiger partial charge in [-0.25, -0.2) is 4.39 Å². The number of nitrogens with zero attached hydrogens (tertiary/aromatic N) is 2. The molecule has 1 amide bonds. The van der Waals surface area contributed by atoms with Gasteiger partial charge < -0.3 is 5.32 Å². The van der Waals surface area contributed by atoms with Gasteiger partial charge in [-0.15, -0.1) is 0 Å². The lowest BCUT2D eigenvalue weighted by Crippen LogP contribution is -2.51. The van der Waals surface area contributed by atoms with Gasteiger partial charge >= 0.3 is 0 Å². The molecule has 3 rings (SSSR count). The van der Waals surface area contributed by atoms with Gasteiger partial charge in [-0.1, -0.05) is 35.9 Å². The van der Waals surface area contributed by atoms with Crippen LogP contribution in [0.15, 0.2) is 48.5 Å². The Bertz CT molecular complexity index is 939. The first kappa shape index (κ1) is 19.8. The van der Waals surface area contributed by atoms with Crippen LogP contribution in [0.1, 0.15) is 12.0 Å². The number of hydrogen-bond acceptors (Lipinski definition) is 3. The zero-order chi connectivity index (χ0) is 19.4. The highest BCUT2D eigenvalue weighted by Gasteiger charge is 2.34. The van der Waals surface area contributed by atoms with Gasteiger partial charge in [-0.3, -0.25) is 4.79 Å². The molecule has 9 heteroatoms. The van der Waals surface area contributed by atoms with E-state index in [9.17, 15) is 17.6 Å². The summed E-state index contributed by atoms with van der Waals surface area (Å²) in [6.07, 6.45) is 0.594. The average Bonchev–Trinajstić information content (AvgIpc) is 2.60. The van der Waals surface area contributed by atoms with Crippen molar-refractivity contribution < 1.29 is 17.6 Å². The Morgan fingerprint density at radius 1 is 1.11 bits per heavy atom. The third kappa shape index (κ3) is 4.84. The number of carbonyl (C=O) groups excluding carboxylic acids is 1. The second kappa shape index (κ2) is 8.35. The predicted molar refractivity (Wildman–Crippen MR) is 102 cm³/mol. The maximum Gasteiger partial charge on any atom is 0.282 e. The van der Waals surface area contributed by atoms with Crippen LogP contribution >= 0.6 is 11.6 Å². The zero-order valence-corrected chi connectivity index (χ0v) is 16.0. The molecule has 2 aromatic carbocycles. The summed E-state index contributed by atoms with van der Waals surface area (Å²) in [5.41, 5.74) is 0.983. The van der Waals surface area contributed by atoms with E-state index in [0.29, 0.717) is 23.6 Å². The molecule has 27 heavy (non-hydrogen) atoms. The summed E-state index contributed by atoms with van der Waals surface area (Å²) >= 11 is 6.13. The summed E-state index contributed by atoms with van der Waals surface area (Å²) in [5, 5.41) is 3.01. The number of amides is 1. The molecule has 0 aromatic heterocycles. The second-order valence-corrected chi connectivity index (χ2v) is 8.51. The Labute approximate surface area is 162 Å². The van der Waals surface area contributed by atoms with Gasteiger partial charge in [0.1, 0.15) is 5.82 Å². The van der Waals surface area contributed by atoms with E-state index < -0.39 is 21.9 Å². The molecular formula is C18H19ClFN3O3S. The molecule has 1 N–H and O–H groups in total. The van der Waals surface area contributed by atoms with Crippen molar-refractivity contribution in [2.24, 2.45) is 0 Å². The van der Waals surface area contributed by atoms with Gasteiger partial charge in [0.2, 0.25) is 5.91 Å². The minimum Gasteiger partial charge on any atom is -0.325 e. The lowest BCUT2D eigenvalue weighted by Gasteiger charge is -2.34. The van der Waals surface area contributed by atoms with Crippen molar-refractivity contribution in [3.63, 3.8) is 0 Å². The SMILES string of the molecule is O=C(CN1CCCN(Cc2ccccc2Cl)S1(=O)=O)Nc1cccc(F)c1. The second-order valence-electron chi connectivity index (χ2n) is 6.18. The van der Waals surface area contributed by atoms with Crippen LogP contribution in [-0.2, 0) is 21.5 Å². The number of benzene rings is 2. The lowest BCUT2D eigenvalue weighted by molar-refractivity contribution is -0.116. The fourth-order valence-corrected chi connectivity index (χ4v) is 4.71. The first-order valence-electron chi connectivity index (χ1n) is 8.40. The first-order chi connectivity index (χ1) is 12.9. The van der Waals surface area contributed by atoms with Crippen LogP contribution in [0.4, 0.5) is 10.1 Å². The Hall–Kier alpha value is -2.00. The number of anilines is 1. The largest absolute Gasteiger partial charge is 0.325 e. The minimum absolute atomic E-state index is 0.143. The summed E-state index contributed by atoms with van der Waals surface area (Å²) < 4.78 is 41.3. The van der Waals surface area contributed by atoms with Crippen molar-refractivity contribution in [3.8, 4) is 0 Å². The summed E-state index contributed by atoms with van der Waals surface area (Å²) in [6, 6.07) is 12.5. The minimum atomic E-state index is -3.80. The quantitative estimate of drug-likeness (QED) is 0.822. The van der Waals surface area contributed by atoms with Crippen molar-refractivity contribution in [3.05, 3.63) is 64.9 Å². The molecule has 144 valence electrons. The van der Waals surface area contributed by atoms with Gasteiger partial charge in [0, 0.05) is 30.3 Å². The van der Waals surface area contributed by atoms with Crippen LogP contribution in [0.3, 0.4) is 0 Å². The highest BCUT2D eigenvalue weighted by Crippen LogP contribution is 2.23. The first-order valence-corrected chi connectivity index (χ1v) is 10.2.